The van der Waals surface area contributed by atoms with Crippen molar-refractivity contribution in [1.29, 1.82) is 0 Å². The minimum absolute atomic E-state index is 0.168. The fourth-order valence-corrected chi connectivity index (χ4v) is 1.94. The fraction of sp³-hybridized carbons (Fsp3) is 0.467. The largest absolute Gasteiger partial charge is 0.324 e. The van der Waals surface area contributed by atoms with E-state index in [1.807, 2.05) is 0 Å². The Kier molecular flexibility index (Phi) is 4.75. The van der Waals surface area contributed by atoms with Gasteiger partial charge >= 0.3 is 0 Å². The standard InChI is InChI=1S/C15H23N/c1-11(2)9-15(16)10-13(4)14-7-5-12(3)6-8-14/h5-9,13,15H,10,16H2,1-4H3/t13-,15?/m0/s1. The first-order chi connectivity index (χ1) is 7.49. The molecule has 0 heterocycles. The summed E-state index contributed by atoms with van der Waals surface area (Å²) in [6.45, 7) is 8.54. The van der Waals surface area contributed by atoms with E-state index in [1.165, 1.54) is 16.7 Å². The van der Waals surface area contributed by atoms with Crippen LogP contribution in [0.25, 0.3) is 0 Å². The third-order valence-corrected chi connectivity index (χ3v) is 2.82. The van der Waals surface area contributed by atoms with Crippen LogP contribution >= 0.6 is 0 Å². The summed E-state index contributed by atoms with van der Waals surface area (Å²) in [5.41, 5.74) is 10.0. The molecular weight excluding hydrogens is 194 g/mol. The van der Waals surface area contributed by atoms with E-state index < -0.39 is 0 Å². The average Bonchev–Trinajstić information content (AvgIpc) is 2.16. The van der Waals surface area contributed by atoms with E-state index in [-0.39, 0.29) is 6.04 Å². The molecule has 1 aromatic rings. The van der Waals surface area contributed by atoms with Crippen molar-refractivity contribution in [3.8, 4) is 0 Å². The maximum Gasteiger partial charge on any atom is 0.0231 e. The highest BCUT2D eigenvalue weighted by Gasteiger charge is 2.09. The van der Waals surface area contributed by atoms with Crippen molar-refractivity contribution in [1.82, 2.24) is 0 Å². The van der Waals surface area contributed by atoms with Gasteiger partial charge in [0.1, 0.15) is 0 Å². The van der Waals surface area contributed by atoms with Crippen molar-refractivity contribution >= 4 is 0 Å². The molecule has 1 rings (SSSR count). The molecule has 1 unspecified atom stereocenters. The summed E-state index contributed by atoms with van der Waals surface area (Å²) >= 11 is 0. The molecular formula is C15H23N. The van der Waals surface area contributed by atoms with Crippen LogP contribution in [0.15, 0.2) is 35.9 Å². The number of rotatable bonds is 4. The molecule has 0 saturated carbocycles. The Labute approximate surface area is 99.4 Å². The second-order valence-corrected chi connectivity index (χ2v) is 4.96. The highest BCUT2D eigenvalue weighted by Crippen LogP contribution is 2.21. The Bertz CT molecular complexity index is 344. The molecule has 0 aliphatic carbocycles. The van der Waals surface area contributed by atoms with Crippen LogP contribution < -0.4 is 5.73 Å². The van der Waals surface area contributed by atoms with Crippen molar-refractivity contribution < 1.29 is 0 Å². The van der Waals surface area contributed by atoms with Gasteiger partial charge in [0.2, 0.25) is 0 Å². The average molecular weight is 217 g/mol. The van der Waals surface area contributed by atoms with Crippen LogP contribution in [-0.2, 0) is 0 Å². The third-order valence-electron chi connectivity index (χ3n) is 2.82. The van der Waals surface area contributed by atoms with Crippen LogP contribution in [0.2, 0.25) is 0 Å². The van der Waals surface area contributed by atoms with E-state index in [9.17, 15) is 0 Å². The molecule has 1 aromatic carbocycles. The van der Waals surface area contributed by atoms with Gasteiger partial charge in [0.05, 0.1) is 0 Å². The van der Waals surface area contributed by atoms with Gasteiger partial charge in [-0.15, -0.1) is 0 Å². The highest BCUT2D eigenvalue weighted by molar-refractivity contribution is 5.24. The first-order valence-corrected chi connectivity index (χ1v) is 5.96. The molecule has 0 saturated heterocycles. The third kappa shape index (κ3) is 4.19. The van der Waals surface area contributed by atoms with E-state index in [0.29, 0.717) is 5.92 Å². The first-order valence-electron chi connectivity index (χ1n) is 5.96. The molecule has 0 radical (unpaired) electrons. The van der Waals surface area contributed by atoms with E-state index in [4.69, 9.17) is 5.73 Å². The molecule has 0 fully saturated rings. The minimum Gasteiger partial charge on any atom is -0.324 e. The van der Waals surface area contributed by atoms with E-state index in [1.54, 1.807) is 0 Å². The van der Waals surface area contributed by atoms with Crippen molar-refractivity contribution in [3.05, 3.63) is 47.0 Å². The summed E-state index contributed by atoms with van der Waals surface area (Å²) in [7, 11) is 0. The molecule has 1 heteroatoms. The lowest BCUT2D eigenvalue weighted by molar-refractivity contribution is 0.620. The van der Waals surface area contributed by atoms with Gasteiger partial charge in [0.25, 0.3) is 0 Å². The molecule has 0 amide bonds. The van der Waals surface area contributed by atoms with Crippen LogP contribution in [0.3, 0.4) is 0 Å². The van der Waals surface area contributed by atoms with Gasteiger partial charge in [0.15, 0.2) is 0 Å². The number of aryl methyl sites for hydroxylation is 1. The molecule has 0 spiro atoms. The number of hydrogen-bond acceptors (Lipinski definition) is 1. The molecule has 0 aliphatic heterocycles. The van der Waals surface area contributed by atoms with Crippen molar-refractivity contribution in [2.45, 2.75) is 46.1 Å². The second kappa shape index (κ2) is 5.86. The monoisotopic (exact) mass is 217 g/mol. The van der Waals surface area contributed by atoms with Crippen molar-refractivity contribution in [3.63, 3.8) is 0 Å². The summed E-state index contributed by atoms with van der Waals surface area (Å²) < 4.78 is 0. The maximum absolute atomic E-state index is 6.07. The van der Waals surface area contributed by atoms with Gasteiger partial charge in [-0.05, 0) is 38.7 Å². The molecule has 0 aliphatic rings. The van der Waals surface area contributed by atoms with Gasteiger partial charge in [-0.1, -0.05) is 48.4 Å². The minimum atomic E-state index is 0.168. The Morgan fingerprint density at radius 2 is 1.81 bits per heavy atom. The van der Waals surface area contributed by atoms with Crippen LogP contribution in [0, 0.1) is 6.92 Å². The van der Waals surface area contributed by atoms with Gasteiger partial charge in [-0.25, -0.2) is 0 Å². The SMILES string of the molecule is CC(C)=CC(N)C[C@H](C)c1ccc(C)cc1. The highest BCUT2D eigenvalue weighted by atomic mass is 14.6. The normalized spacial score (nSPS) is 14.3. The summed E-state index contributed by atoms with van der Waals surface area (Å²) in [5.74, 6) is 0.520. The van der Waals surface area contributed by atoms with E-state index in [0.717, 1.165) is 6.42 Å². The first kappa shape index (κ1) is 13.0. The number of nitrogens with two attached hydrogens (primary N) is 1. The quantitative estimate of drug-likeness (QED) is 0.763. The van der Waals surface area contributed by atoms with Crippen LogP contribution in [0.1, 0.15) is 44.2 Å². The lowest BCUT2D eigenvalue weighted by atomic mass is 9.93. The van der Waals surface area contributed by atoms with Crippen LogP contribution in [-0.4, -0.2) is 6.04 Å². The lowest BCUT2D eigenvalue weighted by Crippen LogP contribution is -2.19. The molecule has 2 atom stereocenters. The number of hydrogen-bond donors (Lipinski definition) is 1. The molecule has 0 bridgehead atoms. The summed E-state index contributed by atoms with van der Waals surface area (Å²) in [4.78, 5) is 0. The number of benzene rings is 1. The van der Waals surface area contributed by atoms with Gasteiger partial charge < -0.3 is 5.73 Å². The topological polar surface area (TPSA) is 26.0 Å². The predicted molar refractivity (Wildman–Crippen MR) is 71.6 cm³/mol. The van der Waals surface area contributed by atoms with Crippen LogP contribution in [0.4, 0.5) is 0 Å². The van der Waals surface area contributed by atoms with Gasteiger partial charge in [-0.2, -0.15) is 0 Å². The van der Waals surface area contributed by atoms with Crippen molar-refractivity contribution in [2.75, 3.05) is 0 Å². The summed E-state index contributed by atoms with van der Waals surface area (Å²) in [5, 5.41) is 0. The Hall–Kier alpha value is -1.08. The molecule has 0 aromatic heterocycles. The fourth-order valence-electron chi connectivity index (χ4n) is 1.94. The van der Waals surface area contributed by atoms with Gasteiger partial charge in [-0.3, -0.25) is 0 Å². The van der Waals surface area contributed by atoms with Gasteiger partial charge in [0, 0.05) is 6.04 Å². The maximum atomic E-state index is 6.07. The van der Waals surface area contributed by atoms with Crippen molar-refractivity contribution in [2.24, 2.45) is 5.73 Å². The Morgan fingerprint density at radius 1 is 1.25 bits per heavy atom. The zero-order valence-electron chi connectivity index (χ0n) is 10.8. The van der Waals surface area contributed by atoms with Crippen LogP contribution in [0.5, 0.6) is 0 Å². The smallest absolute Gasteiger partial charge is 0.0231 e. The number of allylic oxidation sites excluding steroid dienone is 1. The summed E-state index contributed by atoms with van der Waals surface area (Å²) in [6, 6.07) is 8.90. The molecule has 2 N–H and O–H groups in total. The zero-order valence-corrected chi connectivity index (χ0v) is 10.8. The van der Waals surface area contributed by atoms with E-state index >= 15 is 0 Å². The summed E-state index contributed by atoms with van der Waals surface area (Å²) in [6.07, 6.45) is 3.15. The molecule has 16 heavy (non-hydrogen) atoms. The molecule has 1 nitrogen and oxygen atoms in total. The lowest BCUT2D eigenvalue weighted by Gasteiger charge is -2.15. The Morgan fingerprint density at radius 3 is 2.31 bits per heavy atom. The zero-order chi connectivity index (χ0) is 12.1. The molecule has 88 valence electrons. The van der Waals surface area contributed by atoms with E-state index in [2.05, 4.69) is 58.0 Å². The predicted octanol–water partition coefficient (Wildman–Crippen LogP) is 3.78. The second-order valence-electron chi connectivity index (χ2n) is 4.96. The Balaban J connectivity index is 2.62.